The Labute approximate surface area is 156 Å². The molecule has 138 valence electrons. The molecule has 1 fully saturated rings. The number of hydrogen-bond donors (Lipinski definition) is 2. The lowest BCUT2D eigenvalue weighted by Gasteiger charge is -2.22. The molecule has 0 aromatic carbocycles. The number of aryl methyl sites for hydroxylation is 1. The summed E-state index contributed by atoms with van der Waals surface area (Å²) in [5.74, 6) is 0.433. The fraction of sp³-hybridized carbons (Fsp3) is 0.444. The van der Waals surface area contributed by atoms with Gasteiger partial charge in [0.25, 0.3) is 5.91 Å². The average Bonchev–Trinajstić information content (AvgIpc) is 3.26. The zero-order valence-electron chi connectivity index (χ0n) is 14.9. The van der Waals surface area contributed by atoms with Gasteiger partial charge in [0, 0.05) is 42.9 Å². The number of aromatic nitrogens is 2. The van der Waals surface area contributed by atoms with Gasteiger partial charge < -0.3 is 10.6 Å². The van der Waals surface area contributed by atoms with Gasteiger partial charge in [-0.05, 0) is 31.7 Å². The number of nitrogens with one attached hydrogen (secondary N) is 2. The minimum absolute atomic E-state index is 0.0134. The third-order valence-corrected chi connectivity index (χ3v) is 5.24. The zero-order valence-corrected chi connectivity index (χ0v) is 15.8. The van der Waals surface area contributed by atoms with Gasteiger partial charge in [-0.2, -0.15) is 0 Å². The van der Waals surface area contributed by atoms with Gasteiger partial charge in [0.15, 0.2) is 0 Å². The summed E-state index contributed by atoms with van der Waals surface area (Å²) in [6.45, 7) is 5.63. The summed E-state index contributed by atoms with van der Waals surface area (Å²) in [5, 5.41) is 7.94. The Morgan fingerprint density at radius 1 is 1.35 bits per heavy atom. The van der Waals surface area contributed by atoms with Crippen LogP contribution in [0.1, 0.15) is 34.4 Å². The van der Waals surface area contributed by atoms with Gasteiger partial charge in [-0.1, -0.05) is 6.07 Å². The summed E-state index contributed by atoms with van der Waals surface area (Å²) in [6, 6.07) is 3.75. The molecule has 2 aromatic heterocycles. The molecule has 0 saturated carbocycles. The van der Waals surface area contributed by atoms with Crippen molar-refractivity contribution in [1.29, 1.82) is 0 Å². The highest BCUT2D eigenvalue weighted by Crippen LogP contribution is 2.23. The summed E-state index contributed by atoms with van der Waals surface area (Å²) in [4.78, 5) is 36.3. The van der Waals surface area contributed by atoms with Crippen molar-refractivity contribution < 1.29 is 9.59 Å². The van der Waals surface area contributed by atoms with E-state index in [1.165, 1.54) is 17.3 Å². The highest BCUT2D eigenvalue weighted by atomic mass is 32.1. The van der Waals surface area contributed by atoms with Crippen molar-refractivity contribution in [1.82, 2.24) is 25.5 Å². The number of carbonyl (C=O) groups is 2. The van der Waals surface area contributed by atoms with Crippen LogP contribution < -0.4 is 10.6 Å². The first-order chi connectivity index (χ1) is 12.6. The van der Waals surface area contributed by atoms with Crippen molar-refractivity contribution in [3.8, 4) is 0 Å². The van der Waals surface area contributed by atoms with E-state index in [1.807, 2.05) is 18.4 Å². The Hall–Kier alpha value is -2.32. The molecule has 1 aliphatic heterocycles. The van der Waals surface area contributed by atoms with Crippen molar-refractivity contribution in [3.05, 3.63) is 46.2 Å². The first kappa shape index (κ1) is 18.5. The van der Waals surface area contributed by atoms with Gasteiger partial charge in [-0.25, -0.2) is 9.97 Å². The quantitative estimate of drug-likeness (QED) is 0.798. The molecule has 3 heterocycles. The lowest BCUT2D eigenvalue weighted by molar-refractivity contribution is -0.125. The van der Waals surface area contributed by atoms with Crippen LogP contribution in [0.15, 0.2) is 29.9 Å². The van der Waals surface area contributed by atoms with E-state index in [0.717, 1.165) is 0 Å². The molecule has 1 saturated heterocycles. The highest BCUT2D eigenvalue weighted by Gasteiger charge is 2.37. The molecule has 0 bridgehead atoms. The maximum atomic E-state index is 12.4. The lowest BCUT2D eigenvalue weighted by atomic mass is 10.1. The number of likely N-dealkylation sites (N-methyl/N-ethyl adjacent to an activating group) is 1. The summed E-state index contributed by atoms with van der Waals surface area (Å²) >= 11 is 1.67. The minimum Gasteiger partial charge on any atom is -0.355 e. The van der Waals surface area contributed by atoms with Crippen LogP contribution in [0.3, 0.4) is 0 Å². The van der Waals surface area contributed by atoms with E-state index in [4.69, 9.17) is 0 Å². The maximum absolute atomic E-state index is 12.4. The largest absolute Gasteiger partial charge is 0.355 e. The number of nitrogens with zero attached hydrogens (tertiary/aromatic N) is 3. The van der Waals surface area contributed by atoms with Crippen LogP contribution in [0.2, 0.25) is 0 Å². The second kappa shape index (κ2) is 8.37. The molecule has 7 nitrogen and oxygen atoms in total. The van der Waals surface area contributed by atoms with Crippen molar-refractivity contribution >= 4 is 23.2 Å². The van der Waals surface area contributed by atoms with E-state index < -0.39 is 0 Å². The topological polar surface area (TPSA) is 87.2 Å². The molecule has 0 aliphatic carbocycles. The number of hydrogen-bond acceptors (Lipinski definition) is 6. The summed E-state index contributed by atoms with van der Waals surface area (Å²) < 4.78 is 0. The Kier molecular flexibility index (Phi) is 5.95. The van der Waals surface area contributed by atoms with Crippen LogP contribution in [0, 0.1) is 6.92 Å². The molecule has 2 aromatic rings. The van der Waals surface area contributed by atoms with E-state index in [9.17, 15) is 9.59 Å². The first-order valence-electron chi connectivity index (χ1n) is 8.70. The van der Waals surface area contributed by atoms with E-state index in [-0.39, 0.29) is 23.9 Å². The summed E-state index contributed by atoms with van der Waals surface area (Å²) in [6.07, 6.45) is 3.64. The Morgan fingerprint density at radius 2 is 2.12 bits per heavy atom. The Balaban J connectivity index is 1.67. The predicted octanol–water partition coefficient (Wildman–Crippen LogP) is 1.36. The highest BCUT2D eigenvalue weighted by molar-refractivity contribution is 7.09. The summed E-state index contributed by atoms with van der Waals surface area (Å²) in [7, 11) is 0. The Morgan fingerprint density at radius 3 is 2.77 bits per heavy atom. The molecule has 2 atom stereocenters. The second-order valence-electron chi connectivity index (χ2n) is 6.34. The number of amides is 2. The average molecular weight is 373 g/mol. The van der Waals surface area contributed by atoms with E-state index in [0.29, 0.717) is 37.4 Å². The molecule has 26 heavy (non-hydrogen) atoms. The van der Waals surface area contributed by atoms with Gasteiger partial charge in [0.1, 0.15) is 5.82 Å². The molecular weight excluding hydrogens is 350 g/mol. The van der Waals surface area contributed by atoms with Crippen LogP contribution in [0.25, 0.3) is 0 Å². The van der Waals surface area contributed by atoms with Gasteiger partial charge in [0.05, 0.1) is 11.6 Å². The van der Waals surface area contributed by atoms with E-state index >= 15 is 0 Å². The smallest absolute Gasteiger partial charge is 0.254 e. The molecule has 2 amide bonds. The van der Waals surface area contributed by atoms with Gasteiger partial charge in [0.2, 0.25) is 5.91 Å². The number of likely N-dealkylation sites (tertiary alicyclic amines) is 1. The number of rotatable bonds is 6. The predicted molar refractivity (Wildman–Crippen MR) is 99.8 cm³/mol. The minimum atomic E-state index is -0.239. The van der Waals surface area contributed by atoms with Crippen LogP contribution >= 0.6 is 11.3 Å². The van der Waals surface area contributed by atoms with Crippen LogP contribution in [0.4, 0.5) is 0 Å². The van der Waals surface area contributed by atoms with E-state index in [1.54, 1.807) is 18.3 Å². The maximum Gasteiger partial charge on any atom is 0.254 e. The monoisotopic (exact) mass is 373 g/mol. The van der Waals surface area contributed by atoms with Crippen molar-refractivity contribution in [2.75, 3.05) is 13.1 Å². The lowest BCUT2D eigenvalue weighted by Crippen LogP contribution is -2.42. The fourth-order valence-electron chi connectivity index (χ4n) is 3.13. The third-order valence-electron chi connectivity index (χ3n) is 4.37. The molecule has 8 heteroatoms. The molecule has 0 unspecified atom stereocenters. The Bertz CT molecular complexity index is 747. The van der Waals surface area contributed by atoms with Crippen LogP contribution in [-0.2, 0) is 11.3 Å². The van der Waals surface area contributed by atoms with Crippen molar-refractivity contribution in [2.45, 2.75) is 38.9 Å². The summed E-state index contributed by atoms with van der Waals surface area (Å²) in [5.41, 5.74) is 0.432. The number of thiophene rings is 1. The first-order valence-corrected chi connectivity index (χ1v) is 9.58. The van der Waals surface area contributed by atoms with E-state index in [2.05, 4.69) is 31.6 Å². The normalized spacial score (nSPS) is 20.1. The molecule has 1 aliphatic rings. The van der Waals surface area contributed by atoms with Crippen LogP contribution in [0.5, 0.6) is 0 Å². The van der Waals surface area contributed by atoms with Crippen molar-refractivity contribution in [3.63, 3.8) is 0 Å². The molecular formula is C18H23N5O2S. The van der Waals surface area contributed by atoms with Gasteiger partial charge in [-0.3, -0.25) is 14.5 Å². The molecule has 2 N–H and O–H groups in total. The van der Waals surface area contributed by atoms with Crippen molar-refractivity contribution in [2.24, 2.45) is 0 Å². The fourth-order valence-corrected chi connectivity index (χ4v) is 3.86. The molecule has 3 rings (SSSR count). The zero-order chi connectivity index (χ0) is 18.5. The second-order valence-corrected chi connectivity index (χ2v) is 7.38. The van der Waals surface area contributed by atoms with Crippen LogP contribution in [-0.4, -0.2) is 51.9 Å². The number of carbonyl (C=O) groups excluding carboxylic acids is 2. The molecule has 0 radical (unpaired) electrons. The molecule has 0 spiro atoms. The SMILES string of the molecule is CCNC(=O)[C@@H]1C[C@@H](NC(=O)c2cnc(C)nc2)CN1Cc1cccs1. The third kappa shape index (κ3) is 4.44. The van der Waals surface area contributed by atoms with Gasteiger partial charge >= 0.3 is 0 Å². The standard InChI is InChI=1S/C18H23N5O2S/c1-3-19-18(25)16-7-14(10-23(16)11-15-5-4-6-26-15)22-17(24)13-8-20-12(2)21-9-13/h4-6,8-9,14,16H,3,7,10-11H2,1-2H3,(H,19,25)(H,22,24)/t14-,16+/m1/s1. The van der Waals surface area contributed by atoms with Gasteiger partial charge in [-0.15, -0.1) is 11.3 Å².